The Morgan fingerprint density at radius 1 is 1.05 bits per heavy atom. The molecule has 0 aliphatic carbocycles. The fraction of sp³-hybridized carbons (Fsp3) is 0.133. The van der Waals surface area contributed by atoms with Crippen molar-refractivity contribution in [2.45, 2.75) is 0 Å². The van der Waals surface area contributed by atoms with E-state index in [-0.39, 0.29) is 5.48 Å². The summed E-state index contributed by atoms with van der Waals surface area (Å²) in [6.45, 7) is 0. The van der Waals surface area contributed by atoms with E-state index in [0.29, 0.717) is 35.3 Å². The minimum atomic E-state index is -0.186. The molecule has 0 unspecified atom stereocenters. The van der Waals surface area contributed by atoms with Gasteiger partial charge in [0.1, 0.15) is 11.5 Å². The summed E-state index contributed by atoms with van der Waals surface area (Å²) < 4.78 is 10.4. The van der Waals surface area contributed by atoms with Crippen LogP contribution in [0.25, 0.3) is 0 Å². The standard InChI is InChI=1S/C15H13Cl2O3P/c1-19-9-6-7-13(12(8-9)20-2)21-15(18)14-10(16)4-3-5-11(14)17/h3-8,18H,1-2H3/p-1. The Morgan fingerprint density at radius 3 is 2.29 bits per heavy atom. The molecular formula is C15H12Cl2O3P-. The third-order valence-corrected chi connectivity index (χ3v) is 4.45. The molecule has 0 aliphatic heterocycles. The molecule has 21 heavy (non-hydrogen) atoms. The first kappa shape index (κ1) is 16.1. The summed E-state index contributed by atoms with van der Waals surface area (Å²) >= 11 is 12.1. The first-order valence-corrected chi connectivity index (χ1v) is 7.64. The van der Waals surface area contributed by atoms with Gasteiger partial charge in [0.25, 0.3) is 0 Å². The zero-order valence-corrected chi connectivity index (χ0v) is 13.8. The summed E-state index contributed by atoms with van der Waals surface area (Å²) in [6.07, 6.45) is 0. The second-order valence-electron chi connectivity index (χ2n) is 4.05. The molecule has 0 aromatic heterocycles. The van der Waals surface area contributed by atoms with Gasteiger partial charge in [0.15, 0.2) is 0 Å². The van der Waals surface area contributed by atoms with Crippen LogP contribution in [0, 0.1) is 0 Å². The van der Waals surface area contributed by atoms with E-state index in [2.05, 4.69) is 0 Å². The number of hydrogen-bond acceptors (Lipinski definition) is 3. The highest BCUT2D eigenvalue weighted by Gasteiger charge is 2.07. The molecule has 0 atom stereocenters. The molecule has 2 aromatic carbocycles. The van der Waals surface area contributed by atoms with Gasteiger partial charge < -0.3 is 14.6 Å². The van der Waals surface area contributed by atoms with Gasteiger partial charge in [0, 0.05) is 27.0 Å². The van der Waals surface area contributed by atoms with Crippen molar-refractivity contribution in [2.24, 2.45) is 0 Å². The Hall–Kier alpha value is -1.25. The van der Waals surface area contributed by atoms with Gasteiger partial charge in [-0.25, -0.2) is 0 Å². The lowest BCUT2D eigenvalue weighted by Crippen LogP contribution is -2.19. The second kappa shape index (κ2) is 7.15. The van der Waals surface area contributed by atoms with E-state index < -0.39 is 0 Å². The first-order chi connectivity index (χ1) is 10.1. The molecule has 2 rings (SSSR count). The second-order valence-corrected chi connectivity index (χ2v) is 5.98. The molecule has 0 saturated carbocycles. The van der Waals surface area contributed by atoms with Gasteiger partial charge in [-0.15, -0.1) is 5.48 Å². The maximum atomic E-state index is 12.4. The highest BCUT2D eigenvalue weighted by atomic mass is 35.5. The predicted octanol–water partition coefficient (Wildman–Crippen LogP) is 3.12. The number of hydrogen-bond donors (Lipinski definition) is 0. The van der Waals surface area contributed by atoms with Crippen molar-refractivity contribution in [3.8, 4) is 11.5 Å². The summed E-state index contributed by atoms with van der Waals surface area (Å²) in [6, 6.07) is 10.3. The molecular weight excluding hydrogens is 330 g/mol. The van der Waals surface area contributed by atoms with Gasteiger partial charge in [-0.05, 0) is 24.3 Å². The molecule has 0 amide bonds. The lowest BCUT2D eigenvalue weighted by molar-refractivity contribution is -0.206. The molecule has 6 heteroatoms. The quantitative estimate of drug-likeness (QED) is 0.802. The number of ether oxygens (including phenoxy) is 2. The fourth-order valence-electron chi connectivity index (χ4n) is 1.74. The molecule has 0 radical (unpaired) electrons. The Kier molecular flexibility index (Phi) is 5.49. The molecule has 0 saturated heterocycles. The Balaban J connectivity index is 2.48. The molecule has 0 N–H and O–H groups in total. The van der Waals surface area contributed by atoms with Gasteiger partial charge in [0.2, 0.25) is 0 Å². The van der Waals surface area contributed by atoms with E-state index in [9.17, 15) is 5.11 Å². The van der Waals surface area contributed by atoms with Crippen LogP contribution in [0.4, 0.5) is 0 Å². The van der Waals surface area contributed by atoms with Crippen LogP contribution >= 0.6 is 31.4 Å². The topological polar surface area (TPSA) is 41.5 Å². The van der Waals surface area contributed by atoms with Crippen molar-refractivity contribution in [1.29, 1.82) is 0 Å². The van der Waals surface area contributed by atoms with E-state index in [1.807, 2.05) is 0 Å². The van der Waals surface area contributed by atoms with Crippen LogP contribution in [0.15, 0.2) is 36.4 Å². The average Bonchev–Trinajstić information content (AvgIpc) is 2.47. The third-order valence-electron chi connectivity index (χ3n) is 2.79. The first-order valence-electron chi connectivity index (χ1n) is 5.99. The van der Waals surface area contributed by atoms with Gasteiger partial charge in [0.05, 0.1) is 14.2 Å². The number of benzene rings is 2. The van der Waals surface area contributed by atoms with Crippen molar-refractivity contribution in [3.63, 3.8) is 0 Å². The molecule has 3 nitrogen and oxygen atoms in total. The van der Waals surface area contributed by atoms with Gasteiger partial charge in [-0.2, -0.15) is 0 Å². The van der Waals surface area contributed by atoms with Crippen molar-refractivity contribution < 1.29 is 14.6 Å². The molecule has 0 spiro atoms. The molecule has 110 valence electrons. The van der Waals surface area contributed by atoms with Crippen molar-refractivity contribution >= 4 is 42.2 Å². The molecule has 2 aromatic rings. The van der Waals surface area contributed by atoms with Gasteiger partial charge >= 0.3 is 0 Å². The van der Waals surface area contributed by atoms with Crippen LogP contribution in [0.5, 0.6) is 11.5 Å². The van der Waals surface area contributed by atoms with Crippen LogP contribution in [0.3, 0.4) is 0 Å². The zero-order chi connectivity index (χ0) is 15.4. The fourth-order valence-corrected chi connectivity index (χ4v) is 3.43. The average molecular weight is 342 g/mol. The monoisotopic (exact) mass is 341 g/mol. The predicted molar refractivity (Wildman–Crippen MR) is 86.7 cm³/mol. The summed E-state index contributed by atoms with van der Waals surface area (Å²) in [5.74, 6) is 1.24. The van der Waals surface area contributed by atoms with E-state index in [1.54, 1.807) is 50.6 Å². The summed E-state index contributed by atoms with van der Waals surface area (Å²) in [5.41, 5.74) is 0.134. The van der Waals surface area contributed by atoms with E-state index in [1.165, 1.54) is 0 Å². The van der Waals surface area contributed by atoms with Crippen LogP contribution < -0.4 is 19.9 Å². The number of rotatable bonds is 4. The molecule has 0 heterocycles. The van der Waals surface area contributed by atoms with Crippen molar-refractivity contribution in [3.05, 3.63) is 52.0 Å². The summed E-state index contributed by atoms with van der Waals surface area (Å²) in [5, 5.41) is 13.8. The smallest absolute Gasteiger partial charge is 0.134 e. The normalized spacial score (nSPS) is 11.4. The Morgan fingerprint density at radius 2 is 1.71 bits per heavy atom. The molecule has 0 bridgehead atoms. The zero-order valence-electron chi connectivity index (χ0n) is 11.4. The van der Waals surface area contributed by atoms with Crippen LogP contribution in [-0.4, -0.2) is 19.7 Å². The van der Waals surface area contributed by atoms with E-state index in [0.717, 1.165) is 5.30 Å². The Bertz CT molecular complexity index is 666. The highest BCUT2D eigenvalue weighted by molar-refractivity contribution is 7.49. The Labute approximate surface area is 134 Å². The maximum Gasteiger partial charge on any atom is 0.134 e. The van der Waals surface area contributed by atoms with Crippen LogP contribution in [0.2, 0.25) is 10.0 Å². The summed E-state index contributed by atoms with van der Waals surface area (Å²) in [4.78, 5) is 0. The summed E-state index contributed by atoms with van der Waals surface area (Å²) in [7, 11) is 3.55. The van der Waals surface area contributed by atoms with Crippen LogP contribution in [0.1, 0.15) is 5.56 Å². The van der Waals surface area contributed by atoms with Crippen LogP contribution in [-0.2, 0) is 0 Å². The van der Waals surface area contributed by atoms with Gasteiger partial charge in [-0.3, -0.25) is 0 Å². The van der Waals surface area contributed by atoms with Crippen molar-refractivity contribution in [2.75, 3.05) is 14.2 Å². The lowest BCUT2D eigenvalue weighted by atomic mass is 10.2. The SMILES string of the molecule is COc1ccc(P=C([O-])c2c(Cl)cccc2Cl)c(OC)c1. The minimum Gasteiger partial charge on any atom is -0.823 e. The molecule has 0 aliphatic rings. The minimum absolute atomic E-state index is 0.186. The lowest BCUT2D eigenvalue weighted by Gasteiger charge is -2.16. The van der Waals surface area contributed by atoms with E-state index in [4.69, 9.17) is 32.7 Å². The number of methoxy groups -OCH3 is 2. The third kappa shape index (κ3) is 3.69. The number of halogens is 2. The van der Waals surface area contributed by atoms with Crippen molar-refractivity contribution in [1.82, 2.24) is 0 Å². The highest BCUT2D eigenvalue weighted by Crippen LogP contribution is 2.27. The van der Waals surface area contributed by atoms with E-state index >= 15 is 0 Å². The maximum absolute atomic E-state index is 12.4. The molecule has 0 fully saturated rings. The largest absolute Gasteiger partial charge is 0.823 e. The van der Waals surface area contributed by atoms with Gasteiger partial charge in [-0.1, -0.05) is 37.5 Å².